The van der Waals surface area contributed by atoms with Crippen molar-refractivity contribution < 1.29 is 19.2 Å². The molecule has 0 radical (unpaired) electrons. The molecular weight excluding hydrogens is 338 g/mol. The summed E-state index contributed by atoms with van der Waals surface area (Å²) in [4.78, 5) is 22.3. The fourth-order valence-electron chi connectivity index (χ4n) is 3.08. The summed E-state index contributed by atoms with van der Waals surface area (Å²) in [5, 5.41) is 16.3. The molecule has 0 aliphatic carbocycles. The van der Waals surface area contributed by atoms with Crippen molar-refractivity contribution in [3.05, 3.63) is 33.3 Å². The van der Waals surface area contributed by atoms with E-state index in [1.165, 1.54) is 18.2 Å². The summed E-state index contributed by atoms with van der Waals surface area (Å²) in [6.07, 6.45) is 2.26. The minimum atomic E-state index is -0.541. The van der Waals surface area contributed by atoms with Crippen molar-refractivity contribution in [2.75, 3.05) is 25.1 Å². The zero-order valence-corrected chi connectivity index (χ0v) is 13.7. The smallest absolute Gasteiger partial charge is 0.319 e. The van der Waals surface area contributed by atoms with Gasteiger partial charge in [0.05, 0.1) is 27.8 Å². The Labute approximate surface area is 143 Å². The third-order valence-electron chi connectivity index (χ3n) is 4.31. The van der Waals surface area contributed by atoms with E-state index in [1.807, 2.05) is 0 Å². The Bertz CT molecular complexity index is 648. The highest BCUT2D eigenvalue weighted by molar-refractivity contribution is 6.33. The minimum Gasteiger partial charge on any atom is -0.378 e. The maximum Gasteiger partial charge on any atom is 0.319 e. The van der Waals surface area contributed by atoms with Gasteiger partial charge in [0, 0.05) is 37.8 Å². The van der Waals surface area contributed by atoms with Crippen LogP contribution in [0.1, 0.15) is 19.3 Å². The number of benzene rings is 1. The first-order valence-corrected chi connectivity index (χ1v) is 8.08. The molecule has 0 aromatic heterocycles. The van der Waals surface area contributed by atoms with Crippen molar-refractivity contribution in [1.82, 2.24) is 5.32 Å². The first-order chi connectivity index (χ1) is 11.5. The Kier molecular flexibility index (Phi) is 4.88. The number of ether oxygens (including phenoxy) is 2. The standard InChI is InChI=1S/C15H18ClN3O5/c16-12-7-11(19(21)22)1-2-13(12)18-14(20)17-10-3-5-24-15(8-10)4-6-23-9-15/h1-2,7,10H,3-6,8-9H2,(H2,17,18,20)/t10-,15+/m0/s1. The third-order valence-corrected chi connectivity index (χ3v) is 4.62. The predicted octanol–water partition coefficient (Wildman–Crippen LogP) is 2.71. The van der Waals surface area contributed by atoms with Gasteiger partial charge >= 0.3 is 6.03 Å². The zero-order chi connectivity index (χ0) is 17.2. The molecule has 24 heavy (non-hydrogen) atoms. The van der Waals surface area contributed by atoms with Gasteiger partial charge in [-0.1, -0.05) is 11.6 Å². The van der Waals surface area contributed by atoms with Gasteiger partial charge in [0.25, 0.3) is 5.69 Å². The molecule has 1 aromatic carbocycles. The van der Waals surface area contributed by atoms with E-state index in [0.29, 0.717) is 31.9 Å². The number of amides is 2. The van der Waals surface area contributed by atoms with Crippen molar-refractivity contribution in [3.63, 3.8) is 0 Å². The number of carbonyl (C=O) groups excluding carboxylic acids is 1. The predicted molar refractivity (Wildman–Crippen MR) is 87.4 cm³/mol. The van der Waals surface area contributed by atoms with Crippen LogP contribution >= 0.6 is 11.6 Å². The van der Waals surface area contributed by atoms with Crippen LogP contribution in [0.3, 0.4) is 0 Å². The number of carbonyl (C=O) groups is 1. The lowest BCUT2D eigenvalue weighted by molar-refractivity contribution is -0.384. The van der Waals surface area contributed by atoms with Crippen LogP contribution in [-0.2, 0) is 9.47 Å². The zero-order valence-electron chi connectivity index (χ0n) is 12.9. The van der Waals surface area contributed by atoms with E-state index in [1.54, 1.807) is 0 Å². The van der Waals surface area contributed by atoms with E-state index in [2.05, 4.69) is 10.6 Å². The molecule has 2 saturated heterocycles. The van der Waals surface area contributed by atoms with Crippen LogP contribution < -0.4 is 10.6 Å². The number of rotatable bonds is 3. The van der Waals surface area contributed by atoms with Crippen molar-refractivity contribution in [2.24, 2.45) is 0 Å². The third kappa shape index (κ3) is 3.77. The second-order valence-electron chi connectivity index (χ2n) is 6.04. The normalized spacial score (nSPS) is 26.3. The first kappa shape index (κ1) is 16.9. The molecule has 1 spiro atoms. The number of non-ortho nitro benzene ring substituents is 1. The Morgan fingerprint density at radius 3 is 2.92 bits per heavy atom. The summed E-state index contributed by atoms with van der Waals surface area (Å²) in [5.41, 5.74) is -0.0920. The van der Waals surface area contributed by atoms with Crippen LogP contribution in [0, 0.1) is 10.1 Å². The van der Waals surface area contributed by atoms with Crippen molar-refractivity contribution in [1.29, 1.82) is 0 Å². The van der Waals surface area contributed by atoms with Crippen LogP contribution in [0.15, 0.2) is 18.2 Å². The van der Waals surface area contributed by atoms with Crippen molar-refractivity contribution in [3.8, 4) is 0 Å². The maximum absolute atomic E-state index is 12.2. The van der Waals surface area contributed by atoms with Gasteiger partial charge in [-0.25, -0.2) is 4.79 Å². The average Bonchev–Trinajstić information content (AvgIpc) is 2.96. The van der Waals surface area contributed by atoms with Gasteiger partial charge in [0.1, 0.15) is 0 Å². The van der Waals surface area contributed by atoms with Crippen LogP contribution in [0.2, 0.25) is 5.02 Å². The number of nitro benzene ring substituents is 1. The van der Waals surface area contributed by atoms with Gasteiger partial charge in [0.15, 0.2) is 0 Å². The fraction of sp³-hybridized carbons (Fsp3) is 0.533. The van der Waals surface area contributed by atoms with Crippen LogP contribution in [0.4, 0.5) is 16.2 Å². The number of hydrogen-bond acceptors (Lipinski definition) is 5. The number of nitro groups is 1. The number of halogens is 1. The fourth-order valence-corrected chi connectivity index (χ4v) is 3.30. The molecule has 2 amide bonds. The molecule has 2 fully saturated rings. The highest BCUT2D eigenvalue weighted by Crippen LogP contribution is 2.33. The molecule has 9 heteroatoms. The van der Waals surface area contributed by atoms with E-state index in [4.69, 9.17) is 21.1 Å². The van der Waals surface area contributed by atoms with Gasteiger partial charge in [-0.05, 0) is 18.9 Å². The minimum absolute atomic E-state index is 0.0164. The lowest BCUT2D eigenvalue weighted by atomic mass is 9.90. The summed E-state index contributed by atoms with van der Waals surface area (Å²) in [6, 6.07) is 3.50. The molecule has 2 atom stereocenters. The highest BCUT2D eigenvalue weighted by atomic mass is 35.5. The molecule has 0 unspecified atom stereocenters. The van der Waals surface area contributed by atoms with Crippen LogP contribution in [-0.4, -0.2) is 42.4 Å². The molecule has 2 aliphatic rings. The topological polar surface area (TPSA) is 103 Å². The lowest BCUT2D eigenvalue weighted by Gasteiger charge is -2.37. The summed E-state index contributed by atoms with van der Waals surface area (Å²) in [7, 11) is 0. The quantitative estimate of drug-likeness (QED) is 0.641. The molecule has 0 saturated carbocycles. The molecule has 3 rings (SSSR count). The highest BCUT2D eigenvalue weighted by Gasteiger charge is 2.41. The van der Waals surface area contributed by atoms with Crippen molar-refractivity contribution in [2.45, 2.75) is 30.9 Å². The van der Waals surface area contributed by atoms with Gasteiger partial charge in [-0.15, -0.1) is 0 Å². The molecule has 1 aromatic rings. The van der Waals surface area contributed by atoms with Gasteiger partial charge < -0.3 is 20.1 Å². The maximum atomic E-state index is 12.2. The van der Waals surface area contributed by atoms with E-state index in [0.717, 1.165) is 12.8 Å². The average molecular weight is 356 g/mol. The summed E-state index contributed by atoms with van der Waals surface area (Å²) in [5.74, 6) is 0. The van der Waals surface area contributed by atoms with Crippen LogP contribution in [0.25, 0.3) is 0 Å². The van der Waals surface area contributed by atoms with Gasteiger partial charge in [-0.3, -0.25) is 10.1 Å². The lowest BCUT2D eigenvalue weighted by Crippen LogP contribution is -2.49. The largest absolute Gasteiger partial charge is 0.378 e. The summed E-state index contributed by atoms with van der Waals surface area (Å²) in [6.45, 7) is 1.81. The SMILES string of the molecule is O=C(Nc1ccc([N+](=O)[O-])cc1Cl)N[C@H]1CCO[C@]2(CCOC2)C1. The Morgan fingerprint density at radius 2 is 2.25 bits per heavy atom. The number of anilines is 1. The Morgan fingerprint density at radius 1 is 1.42 bits per heavy atom. The number of urea groups is 1. The van der Waals surface area contributed by atoms with Crippen LogP contribution in [0.5, 0.6) is 0 Å². The summed E-state index contributed by atoms with van der Waals surface area (Å²) < 4.78 is 11.2. The second-order valence-corrected chi connectivity index (χ2v) is 6.45. The molecule has 0 bridgehead atoms. The number of hydrogen-bond donors (Lipinski definition) is 2. The van der Waals surface area contributed by atoms with E-state index < -0.39 is 11.0 Å². The molecule has 8 nitrogen and oxygen atoms in total. The Hall–Kier alpha value is -1.90. The van der Waals surface area contributed by atoms with E-state index in [-0.39, 0.29) is 22.4 Å². The molecule has 2 aliphatic heterocycles. The van der Waals surface area contributed by atoms with Gasteiger partial charge in [0.2, 0.25) is 0 Å². The molecule has 130 valence electrons. The molecule has 2 heterocycles. The van der Waals surface area contributed by atoms with Crippen molar-refractivity contribution >= 4 is 29.0 Å². The summed E-state index contributed by atoms with van der Waals surface area (Å²) >= 11 is 5.98. The van der Waals surface area contributed by atoms with E-state index in [9.17, 15) is 14.9 Å². The van der Waals surface area contributed by atoms with Gasteiger partial charge in [-0.2, -0.15) is 0 Å². The monoisotopic (exact) mass is 355 g/mol. The number of nitrogens with one attached hydrogen (secondary N) is 2. The Balaban J connectivity index is 1.58. The molecular formula is C15H18ClN3O5. The number of nitrogens with zero attached hydrogens (tertiary/aromatic N) is 1. The first-order valence-electron chi connectivity index (χ1n) is 7.71. The second kappa shape index (κ2) is 6.92. The molecule has 2 N–H and O–H groups in total. The van der Waals surface area contributed by atoms with E-state index >= 15 is 0 Å².